The fourth-order valence-corrected chi connectivity index (χ4v) is 3.04. The normalized spacial score (nSPS) is 15.7. The summed E-state index contributed by atoms with van der Waals surface area (Å²) in [5.74, 6) is -1.14. The molecule has 28 heavy (non-hydrogen) atoms. The van der Waals surface area contributed by atoms with Gasteiger partial charge in [-0.2, -0.15) is 0 Å². The average Bonchev–Trinajstić information content (AvgIpc) is 2.73. The molecule has 0 aliphatic carbocycles. The van der Waals surface area contributed by atoms with E-state index in [1.807, 2.05) is 12.1 Å². The van der Waals surface area contributed by atoms with E-state index in [9.17, 15) is 14.7 Å². The number of rotatable bonds is 7. The summed E-state index contributed by atoms with van der Waals surface area (Å²) in [6.45, 7) is 1.42. The van der Waals surface area contributed by atoms with Crippen molar-refractivity contribution in [1.82, 2.24) is 15.3 Å². The first-order valence-electron chi connectivity index (χ1n) is 9.10. The average molecular weight is 385 g/mol. The molecule has 0 bridgehead atoms. The molecule has 2 heterocycles. The molecule has 1 aliphatic rings. The van der Waals surface area contributed by atoms with Crippen LogP contribution < -0.4 is 15.5 Å². The number of aromatic nitrogens is 2. The zero-order valence-corrected chi connectivity index (χ0v) is 15.3. The maximum Gasteiger partial charge on any atom is 0.334 e. The van der Waals surface area contributed by atoms with Gasteiger partial charge in [-0.1, -0.05) is 0 Å². The van der Waals surface area contributed by atoms with Gasteiger partial charge in [0, 0.05) is 42.8 Å². The summed E-state index contributed by atoms with van der Waals surface area (Å²) in [6.07, 6.45) is 3.72. The van der Waals surface area contributed by atoms with Crippen molar-refractivity contribution in [2.24, 2.45) is 0 Å². The van der Waals surface area contributed by atoms with Crippen LogP contribution in [-0.4, -0.2) is 63.8 Å². The molecule has 3 rings (SSSR count). The van der Waals surface area contributed by atoms with Crippen LogP contribution in [0.5, 0.6) is 0 Å². The minimum atomic E-state index is -1.61. The minimum Gasteiger partial charge on any atom is -0.479 e. The smallest absolute Gasteiger partial charge is 0.334 e. The van der Waals surface area contributed by atoms with Crippen molar-refractivity contribution in [3.8, 4) is 0 Å². The molecule has 1 amide bonds. The number of piperidine rings is 1. The van der Waals surface area contributed by atoms with E-state index in [1.54, 1.807) is 30.6 Å². The summed E-state index contributed by atoms with van der Waals surface area (Å²) in [5.41, 5.74) is 1.44. The van der Waals surface area contributed by atoms with Gasteiger partial charge in [-0.05, 0) is 43.2 Å². The Hall–Kier alpha value is -3.20. The molecule has 0 unspecified atom stereocenters. The molecule has 1 fully saturated rings. The molecule has 1 aliphatic heterocycles. The molecule has 0 saturated carbocycles. The predicted molar refractivity (Wildman–Crippen MR) is 103 cm³/mol. The molecule has 148 valence electrons. The van der Waals surface area contributed by atoms with Gasteiger partial charge in [-0.3, -0.25) is 4.79 Å². The van der Waals surface area contributed by atoms with Gasteiger partial charge in [0.25, 0.3) is 5.91 Å². The van der Waals surface area contributed by atoms with Gasteiger partial charge in [0.2, 0.25) is 5.95 Å². The molecule has 1 saturated heterocycles. The van der Waals surface area contributed by atoms with Crippen molar-refractivity contribution in [1.29, 1.82) is 0 Å². The van der Waals surface area contributed by atoms with Crippen LogP contribution in [0.25, 0.3) is 0 Å². The third-order valence-electron chi connectivity index (χ3n) is 4.63. The number of hydrogen-bond donors (Lipinski definition) is 4. The highest BCUT2D eigenvalue weighted by atomic mass is 16.4. The lowest BCUT2D eigenvalue weighted by Crippen LogP contribution is -2.39. The predicted octanol–water partition coefficient (Wildman–Crippen LogP) is 0.733. The summed E-state index contributed by atoms with van der Waals surface area (Å²) >= 11 is 0. The number of nitrogens with zero attached hydrogens (tertiary/aromatic N) is 3. The fraction of sp³-hybridized carbons (Fsp3) is 0.368. The summed E-state index contributed by atoms with van der Waals surface area (Å²) in [5, 5.41) is 23.6. The first-order valence-corrected chi connectivity index (χ1v) is 9.10. The van der Waals surface area contributed by atoms with Crippen LogP contribution in [0, 0.1) is 0 Å². The van der Waals surface area contributed by atoms with Gasteiger partial charge in [-0.25, -0.2) is 14.8 Å². The molecule has 0 spiro atoms. The number of aliphatic hydroxyl groups excluding tert-OH is 1. The first kappa shape index (κ1) is 19.6. The third-order valence-corrected chi connectivity index (χ3v) is 4.63. The lowest BCUT2D eigenvalue weighted by atomic mass is 10.0. The van der Waals surface area contributed by atoms with E-state index >= 15 is 0 Å². The number of hydrogen-bond acceptors (Lipinski definition) is 7. The van der Waals surface area contributed by atoms with Crippen LogP contribution in [-0.2, 0) is 4.79 Å². The summed E-state index contributed by atoms with van der Waals surface area (Å²) in [7, 11) is 0. The van der Waals surface area contributed by atoms with Crippen molar-refractivity contribution in [2.45, 2.75) is 25.0 Å². The zero-order chi connectivity index (χ0) is 19.9. The van der Waals surface area contributed by atoms with Crippen molar-refractivity contribution >= 4 is 23.5 Å². The number of carbonyl (C=O) groups excluding carboxylic acids is 1. The molecule has 9 heteroatoms. The van der Waals surface area contributed by atoms with Crippen LogP contribution in [0.2, 0.25) is 0 Å². The van der Waals surface area contributed by atoms with Gasteiger partial charge >= 0.3 is 5.97 Å². The Morgan fingerprint density at radius 3 is 2.39 bits per heavy atom. The molecular formula is C19H23N5O4. The highest BCUT2D eigenvalue weighted by Gasteiger charge is 2.20. The van der Waals surface area contributed by atoms with E-state index in [0.717, 1.165) is 31.6 Å². The number of carboxylic acids is 1. The van der Waals surface area contributed by atoms with Gasteiger partial charge in [0.05, 0.1) is 6.54 Å². The second-order valence-electron chi connectivity index (χ2n) is 6.59. The fourth-order valence-electron chi connectivity index (χ4n) is 3.04. The zero-order valence-electron chi connectivity index (χ0n) is 15.3. The maximum atomic E-state index is 12.0. The van der Waals surface area contributed by atoms with E-state index in [1.165, 1.54) is 0 Å². The Labute approximate surface area is 162 Å². The second-order valence-corrected chi connectivity index (χ2v) is 6.59. The van der Waals surface area contributed by atoms with Crippen LogP contribution >= 0.6 is 0 Å². The van der Waals surface area contributed by atoms with Crippen LogP contribution in [0.4, 0.5) is 11.6 Å². The van der Waals surface area contributed by atoms with Gasteiger partial charge in [-0.15, -0.1) is 0 Å². The standard InChI is InChI=1S/C19H23N5O4/c25-16(18(27)28)12-22-17(26)13-2-4-15(5-3-13)24-10-6-14(7-11-24)23-19-20-8-1-9-21-19/h1-5,8-9,14,16,25H,6-7,10-12H2,(H,22,26)(H,27,28)(H,20,21,23)/t16-/m0/s1. The highest BCUT2D eigenvalue weighted by molar-refractivity contribution is 5.94. The Balaban J connectivity index is 1.49. The third kappa shape index (κ3) is 5.17. The van der Waals surface area contributed by atoms with E-state index in [-0.39, 0.29) is 6.54 Å². The van der Waals surface area contributed by atoms with Gasteiger partial charge in [0.1, 0.15) is 0 Å². The number of aliphatic hydroxyl groups is 1. The van der Waals surface area contributed by atoms with Crippen LogP contribution in [0.1, 0.15) is 23.2 Å². The Morgan fingerprint density at radius 2 is 1.79 bits per heavy atom. The van der Waals surface area contributed by atoms with E-state index in [0.29, 0.717) is 17.6 Å². The number of benzene rings is 1. The Bertz CT molecular complexity index is 792. The molecule has 1 aromatic carbocycles. The van der Waals surface area contributed by atoms with Crippen molar-refractivity contribution < 1.29 is 19.8 Å². The van der Waals surface area contributed by atoms with Gasteiger partial charge in [0.15, 0.2) is 6.10 Å². The Kier molecular flexibility index (Phi) is 6.38. The van der Waals surface area contributed by atoms with Gasteiger partial charge < -0.3 is 25.7 Å². The first-order chi connectivity index (χ1) is 13.5. The van der Waals surface area contributed by atoms with Crippen LogP contribution in [0.3, 0.4) is 0 Å². The Morgan fingerprint density at radius 1 is 1.14 bits per heavy atom. The highest BCUT2D eigenvalue weighted by Crippen LogP contribution is 2.21. The van der Waals surface area contributed by atoms with E-state index < -0.39 is 18.0 Å². The SMILES string of the molecule is O=C(NC[C@H](O)C(=O)O)c1ccc(N2CCC(Nc3ncccn3)CC2)cc1. The second kappa shape index (κ2) is 9.14. The number of carboxylic acid groups (broad SMARTS) is 1. The molecule has 1 aromatic heterocycles. The largest absolute Gasteiger partial charge is 0.479 e. The number of anilines is 2. The number of nitrogens with one attached hydrogen (secondary N) is 2. The summed E-state index contributed by atoms with van der Waals surface area (Å²) < 4.78 is 0. The quantitative estimate of drug-likeness (QED) is 0.549. The molecule has 4 N–H and O–H groups in total. The van der Waals surface area contributed by atoms with Crippen molar-refractivity contribution in [3.63, 3.8) is 0 Å². The lowest BCUT2D eigenvalue weighted by molar-refractivity contribution is -0.146. The number of amides is 1. The molecule has 9 nitrogen and oxygen atoms in total. The lowest BCUT2D eigenvalue weighted by Gasteiger charge is -2.34. The van der Waals surface area contributed by atoms with Crippen LogP contribution in [0.15, 0.2) is 42.7 Å². The molecular weight excluding hydrogens is 362 g/mol. The van der Waals surface area contributed by atoms with E-state index in [2.05, 4.69) is 25.5 Å². The molecule has 2 aromatic rings. The molecule has 1 atom stereocenters. The van der Waals surface area contributed by atoms with Crippen molar-refractivity contribution in [2.75, 3.05) is 29.9 Å². The minimum absolute atomic E-state index is 0.323. The van der Waals surface area contributed by atoms with Crippen molar-refractivity contribution in [3.05, 3.63) is 48.3 Å². The monoisotopic (exact) mass is 385 g/mol. The number of carbonyl (C=O) groups is 2. The topological polar surface area (TPSA) is 128 Å². The summed E-state index contributed by atoms with van der Waals surface area (Å²) in [6, 6.07) is 9.24. The van der Waals surface area contributed by atoms with E-state index in [4.69, 9.17) is 5.11 Å². The number of aliphatic carboxylic acids is 1. The maximum absolute atomic E-state index is 12.0. The summed E-state index contributed by atoms with van der Waals surface area (Å²) in [4.78, 5) is 33.2. The molecule has 0 radical (unpaired) electrons.